The molecule has 4 aliphatic carbocycles. The molecule has 0 radical (unpaired) electrons. The zero-order valence-electron chi connectivity index (χ0n) is 23.9. The van der Waals surface area contributed by atoms with Crippen molar-refractivity contribution in [1.29, 1.82) is 0 Å². The second kappa shape index (κ2) is 8.29. The highest BCUT2D eigenvalue weighted by atomic mass is 16.5. The lowest BCUT2D eigenvalue weighted by molar-refractivity contribution is -0.257. The van der Waals surface area contributed by atoms with E-state index < -0.39 is 12.1 Å². The highest BCUT2D eigenvalue weighted by Crippen LogP contribution is 2.74. The lowest BCUT2D eigenvalue weighted by Crippen LogP contribution is -2.69. The lowest BCUT2D eigenvalue weighted by atomic mass is 9.34. The van der Waals surface area contributed by atoms with Gasteiger partial charge in [-0.1, -0.05) is 60.1 Å². The fraction of sp³-hybridized carbons (Fsp3) is 0.903. The molecular formula is C31H50O5. The predicted octanol–water partition coefficient (Wildman–Crippen LogP) is 5.95. The number of ether oxygens (including phenoxy) is 2. The molecule has 5 aliphatic rings. The molecule has 1 unspecified atom stereocenters. The SMILES string of the molecule is CO[C@@H]1C[C@@]23COCC(C)([C@H]1O)[C@@H]2CC[C@H]1C3=CC[C@@]2(C)[C@H](C(=O)O)[C@@](C)([C@H](C)C(C)C)CC[C@]12C. The first-order valence-electron chi connectivity index (χ1n) is 14.4. The van der Waals surface area contributed by atoms with Crippen LogP contribution in [-0.2, 0) is 14.3 Å². The van der Waals surface area contributed by atoms with Crippen LogP contribution in [0.25, 0.3) is 0 Å². The van der Waals surface area contributed by atoms with E-state index in [-0.39, 0.29) is 39.1 Å². The monoisotopic (exact) mass is 502 g/mol. The van der Waals surface area contributed by atoms with Crippen LogP contribution < -0.4 is 0 Å². The van der Waals surface area contributed by atoms with E-state index in [1.807, 2.05) is 0 Å². The Bertz CT molecular complexity index is 943. The Morgan fingerprint density at radius 3 is 2.39 bits per heavy atom. The van der Waals surface area contributed by atoms with Gasteiger partial charge in [0.25, 0.3) is 0 Å². The van der Waals surface area contributed by atoms with Gasteiger partial charge in [0.05, 0.1) is 31.3 Å². The van der Waals surface area contributed by atoms with Crippen LogP contribution in [0.1, 0.15) is 87.0 Å². The number of methoxy groups -OCH3 is 1. The molecule has 204 valence electrons. The van der Waals surface area contributed by atoms with Gasteiger partial charge in [-0.05, 0) is 78.4 Å². The zero-order chi connectivity index (χ0) is 26.5. The minimum atomic E-state index is -0.615. The first-order valence-corrected chi connectivity index (χ1v) is 14.4. The maximum atomic E-state index is 13.1. The van der Waals surface area contributed by atoms with Crippen molar-refractivity contribution in [3.8, 4) is 0 Å². The maximum absolute atomic E-state index is 13.1. The van der Waals surface area contributed by atoms with Crippen LogP contribution in [0, 0.1) is 56.7 Å². The van der Waals surface area contributed by atoms with Crippen LogP contribution in [0.3, 0.4) is 0 Å². The standard InChI is InChI=1S/C31H50O5/c1-18(2)19(3)27(4)13-14-29(6)20-9-10-23-28(5)16-36-17-31(23,15-22(35-8)25(28)32)21(20)11-12-30(29,7)24(27)26(33)34/h11,18-20,22-25,32H,9-10,12-17H2,1-8H3,(H,33,34)/t19-,20+,22-,23+,24-,25+,27-,28?,29-,30+,31+/m1/s1. The van der Waals surface area contributed by atoms with Gasteiger partial charge in [0.15, 0.2) is 0 Å². The van der Waals surface area contributed by atoms with Crippen molar-refractivity contribution in [2.75, 3.05) is 20.3 Å². The van der Waals surface area contributed by atoms with Crippen LogP contribution in [0.15, 0.2) is 11.6 Å². The van der Waals surface area contributed by atoms with Crippen molar-refractivity contribution in [2.24, 2.45) is 56.7 Å². The molecule has 0 aromatic heterocycles. The molecule has 5 heteroatoms. The lowest BCUT2D eigenvalue weighted by Gasteiger charge is -2.71. The third kappa shape index (κ3) is 3.09. The molecule has 2 N–H and O–H groups in total. The molecular weight excluding hydrogens is 452 g/mol. The fourth-order valence-electron chi connectivity index (χ4n) is 10.8. The number of aliphatic hydroxyl groups excluding tert-OH is 1. The van der Waals surface area contributed by atoms with E-state index in [2.05, 4.69) is 54.5 Å². The summed E-state index contributed by atoms with van der Waals surface area (Å²) in [7, 11) is 1.73. The van der Waals surface area contributed by atoms with E-state index in [4.69, 9.17) is 9.47 Å². The third-order valence-corrected chi connectivity index (χ3v) is 13.4. The van der Waals surface area contributed by atoms with Crippen molar-refractivity contribution in [2.45, 2.75) is 99.2 Å². The Balaban J connectivity index is 1.62. The molecule has 2 bridgehead atoms. The number of fused-ring (bicyclic) bond motifs is 3. The summed E-state index contributed by atoms with van der Waals surface area (Å²) in [6, 6.07) is 0. The molecule has 1 saturated heterocycles. The fourth-order valence-corrected chi connectivity index (χ4v) is 10.8. The Morgan fingerprint density at radius 1 is 1.08 bits per heavy atom. The molecule has 0 aromatic rings. The number of rotatable bonds is 4. The number of carbonyl (C=O) groups is 1. The summed E-state index contributed by atoms with van der Waals surface area (Å²) in [5, 5.41) is 22.1. The zero-order valence-corrected chi connectivity index (χ0v) is 23.9. The van der Waals surface area contributed by atoms with E-state index in [0.29, 0.717) is 36.9 Å². The minimum Gasteiger partial charge on any atom is -0.481 e. The summed E-state index contributed by atoms with van der Waals surface area (Å²) < 4.78 is 12.2. The van der Waals surface area contributed by atoms with E-state index in [0.717, 1.165) is 38.5 Å². The highest BCUT2D eigenvalue weighted by Gasteiger charge is 2.71. The van der Waals surface area contributed by atoms with Gasteiger partial charge in [0, 0.05) is 17.9 Å². The first kappa shape index (κ1) is 26.7. The van der Waals surface area contributed by atoms with E-state index in [1.54, 1.807) is 7.11 Å². The third-order valence-electron chi connectivity index (χ3n) is 13.4. The second-order valence-electron chi connectivity index (χ2n) is 14.8. The molecule has 0 spiro atoms. The van der Waals surface area contributed by atoms with Gasteiger partial charge in [-0.15, -0.1) is 0 Å². The number of carboxylic acids is 1. The number of hydrogen-bond donors (Lipinski definition) is 2. The summed E-state index contributed by atoms with van der Waals surface area (Å²) in [4.78, 5) is 13.1. The number of allylic oxidation sites excluding steroid dienone is 1. The summed E-state index contributed by atoms with van der Waals surface area (Å²) in [5.74, 6) is 0.533. The summed E-state index contributed by atoms with van der Waals surface area (Å²) >= 11 is 0. The Kier molecular flexibility index (Phi) is 6.15. The molecule has 1 heterocycles. The van der Waals surface area contributed by atoms with Gasteiger partial charge >= 0.3 is 5.97 Å². The average molecular weight is 503 g/mol. The highest BCUT2D eigenvalue weighted by molar-refractivity contribution is 5.73. The van der Waals surface area contributed by atoms with E-state index in [1.165, 1.54) is 5.57 Å². The molecule has 36 heavy (non-hydrogen) atoms. The van der Waals surface area contributed by atoms with Crippen LogP contribution >= 0.6 is 0 Å². The number of aliphatic carboxylic acids is 1. The smallest absolute Gasteiger partial charge is 0.307 e. The van der Waals surface area contributed by atoms with Crippen molar-refractivity contribution in [3.05, 3.63) is 11.6 Å². The predicted molar refractivity (Wildman–Crippen MR) is 140 cm³/mol. The largest absolute Gasteiger partial charge is 0.481 e. The van der Waals surface area contributed by atoms with Gasteiger partial charge in [0.2, 0.25) is 0 Å². The normalized spacial score (nSPS) is 53.1. The van der Waals surface area contributed by atoms with E-state index >= 15 is 0 Å². The maximum Gasteiger partial charge on any atom is 0.307 e. The first-order chi connectivity index (χ1) is 16.7. The Hall–Kier alpha value is -0.910. The van der Waals surface area contributed by atoms with Crippen LogP contribution in [0.4, 0.5) is 0 Å². The second-order valence-corrected chi connectivity index (χ2v) is 14.8. The average Bonchev–Trinajstić information content (AvgIpc) is 2.81. The van der Waals surface area contributed by atoms with Crippen molar-refractivity contribution >= 4 is 5.97 Å². The van der Waals surface area contributed by atoms with E-state index in [9.17, 15) is 15.0 Å². The molecule has 5 nitrogen and oxygen atoms in total. The van der Waals surface area contributed by atoms with Crippen molar-refractivity contribution < 1.29 is 24.5 Å². The van der Waals surface area contributed by atoms with Gasteiger partial charge in [-0.3, -0.25) is 4.79 Å². The van der Waals surface area contributed by atoms with Gasteiger partial charge in [-0.25, -0.2) is 0 Å². The molecule has 0 amide bonds. The molecule has 4 fully saturated rings. The molecule has 0 aromatic carbocycles. The van der Waals surface area contributed by atoms with Gasteiger partial charge in [0.1, 0.15) is 0 Å². The van der Waals surface area contributed by atoms with Crippen LogP contribution in [0.2, 0.25) is 0 Å². The topological polar surface area (TPSA) is 76.0 Å². The molecule has 3 saturated carbocycles. The Labute approximate surface area is 218 Å². The molecule has 11 atom stereocenters. The van der Waals surface area contributed by atoms with Crippen molar-refractivity contribution in [1.82, 2.24) is 0 Å². The number of hydrogen-bond acceptors (Lipinski definition) is 4. The van der Waals surface area contributed by atoms with Gasteiger partial charge < -0.3 is 19.7 Å². The quantitative estimate of drug-likeness (QED) is 0.465. The summed E-state index contributed by atoms with van der Waals surface area (Å²) in [6.07, 6.45) is 7.52. The van der Waals surface area contributed by atoms with Gasteiger partial charge in [-0.2, -0.15) is 0 Å². The van der Waals surface area contributed by atoms with Crippen LogP contribution in [0.5, 0.6) is 0 Å². The van der Waals surface area contributed by atoms with Crippen LogP contribution in [-0.4, -0.2) is 48.7 Å². The van der Waals surface area contributed by atoms with Crippen molar-refractivity contribution in [3.63, 3.8) is 0 Å². The minimum absolute atomic E-state index is 0.0808. The molecule has 5 rings (SSSR count). The molecule has 1 aliphatic heterocycles. The summed E-state index contributed by atoms with van der Waals surface area (Å²) in [6.45, 7) is 17.2. The Morgan fingerprint density at radius 2 is 1.78 bits per heavy atom. The summed E-state index contributed by atoms with van der Waals surface area (Å²) in [5.41, 5.74) is 0.459. The number of carboxylic acid groups (broad SMARTS) is 1. The number of aliphatic hydroxyl groups is 1.